The number of allylic oxidation sites excluding steroid dienone is 6. The number of ketones is 1. The van der Waals surface area contributed by atoms with E-state index in [1.54, 1.807) is 6.92 Å². The van der Waals surface area contributed by atoms with Gasteiger partial charge in [0.05, 0.1) is 5.57 Å². The topological polar surface area (TPSA) is 54.4 Å². The third-order valence-corrected chi connectivity index (χ3v) is 5.97. The largest absolute Gasteiger partial charge is 0.478 e. The molecule has 0 spiro atoms. The van der Waals surface area contributed by atoms with Crippen molar-refractivity contribution in [3.8, 4) is 0 Å². The van der Waals surface area contributed by atoms with Crippen molar-refractivity contribution in [2.24, 2.45) is 5.92 Å². The Bertz CT molecular complexity index is 912. The Morgan fingerprint density at radius 1 is 1.17 bits per heavy atom. The van der Waals surface area contributed by atoms with Crippen LogP contribution in [0.25, 0.3) is 0 Å². The number of hydrogen-bond donors (Lipinski definition) is 1. The number of aliphatic carboxylic acids is 1. The summed E-state index contributed by atoms with van der Waals surface area (Å²) >= 11 is 0. The van der Waals surface area contributed by atoms with E-state index in [1.807, 2.05) is 19.1 Å². The van der Waals surface area contributed by atoms with Gasteiger partial charge in [0.1, 0.15) is 0 Å². The molecule has 0 aromatic heterocycles. The molecule has 1 aliphatic rings. The first-order valence-corrected chi connectivity index (χ1v) is 10.2. The molecule has 0 heterocycles. The number of carbonyl (C=O) groups excluding carboxylic acids is 1. The maximum Gasteiger partial charge on any atom is 0.338 e. The van der Waals surface area contributed by atoms with E-state index >= 15 is 0 Å². The van der Waals surface area contributed by atoms with E-state index in [1.165, 1.54) is 28.3 Å². The molecule has 154 valence electrons. The van der Waals surface area contributed by atoms with Crippen LogP contribution < -0.4 is 0 Å². The molecule has 2 unspecified atom stereocenters. The second kappa shape index (κ2) is 9.69. The number of carboxylic acid groups (broad SMARTS) is 1. The van der Waals surface area contributed by atoms with Crippen LogP contribution in [0.15, 0.2) is 59.7 Å². The zero-order chi connectivity index (χ0) is 21.7. The molecule has 1 aromatic rings. The van der Waals surface area contributed by atoms with Crippen molar-refractivity contribution < 1.29 is 14.7 Å². The Balaban J connectivity index is 2.49. The highest BCUT2D eigenvalue weighted by atomic mass is 16.4. The summed E-state index contributed by atoms with van der Waals surface area (Å²) in [7, 11) is 0. The number of carbonyl (C=O) groups is 2. The zero-order valence-corrected chi connectivity index (χ0v) is 18.2. The normalized spacial score (nSPS) is 20.5. The lowest BCUT2D eigenvalue weighted by molar-refractivity contribution is -0.134. The van der Waals surface area contributed by atoms with Crippen LogP contribution in [0.3, 0.4) is 0 Å². The number of fused-ring (bicyclic) bond motifs is 1. The van der Waals surface area contributed by atoms with Crippen molar-refractivity contribution in [2.75, 3.05) is 0 Å². The Kier molecular flexibility index (Phi) is 7.55. The van der Waals surface area contributed by atoms with Crippen LogP contribution >= 0.6 is 0 Å². The predicted molar refractivity (Wildman–Crippen MR) is 119 cm³/mol. The first-order valence-electron chi connectivity index (χ1n) is 10.2. The fourth-order valence-corrected chi connectivity index (χ4v) is 4.15. The van der Waals surface area contributed by atoms with Crippen molar-refractivity contribution in [2.45, 2.75) is 59.8 Å². The molecule has 2 atom stereocenters. The molecule has 3 heteroatoms. The van der Waals surface area contributed by atoms with Crippen molar-refractivity contribution in [3.63, 3.8) is 0 Å². The Morgan fingerprint density at radius 2 is 1.83 bits per heavy atom. The first-order chi connectivity index (χ1) is 13.7. The van der Waals surface area contributed by atoms with Gasteiger partial charge in [-0.2, -0.15) is 0 Å². The van der Waals surface area contributed by atoms with E-state index < -0.39 is 5.97 Å². The maximum absolute atomic E-state index is 12.7. The lowest BCUT2D eigenvalue weighted by Gasteiger charge is -2.20. The average molecular weight is 393 g/mol. The predicted octanol–water partition coefficient (Wildman–Crippen LogP) is 6.02. The van der Waals surface area contributed by atoms with Crippen molar-refractivity contribution >= 4 is 11.8 Å². The molecule has 0 saturated heterocycles. The number of aryl methyl sites for hydroxylation is 2. The minimum absolute atomic E-state index is 0.0573. The number of Topliss-reactive ketones (excluding diaryl/α,β-unsaturated/α-hetero) is 1. The monoisotopic (exact) mass is 392 g/mol. The van der Waals surface area contributed by atoms with Crippen LogP contribution in [0.4, 0.5) is 0 Å². The molecule has 0 saturated carbocycles. The summed E-state index contributed by atoms with van der Waals surface area (Å²) in [6.07, 6.45) is 9.30. The van der Waals surface area contributed by atoms with Crippen molar-refractivity contribution in [3.05, 3.63) is 82.0 Å². The molecule has 0 bridgehead atoms. The second-order valence-corrected chi connectivity index (χ2v) is 8.02. The Labute approximate surface area is 174 Å². The minimum atomic E-state index is -1.16. The molecule has 1 N–H and O–H groups in total. The van der Waals surface area contributed by atoms with Gasteiger partial charge in [-0.1, -0.05) is 54.2 Å². The maximum atomic E-state index is 12.7. The molecule has 1 aliphatic carbocycles. The van der Waals surface area contributed by atoms with Gasteiger partial charge in [0.2, 0.25) is 0 Å². The molecule has 1 aromatic carbocycles. The highest BCUT2D eigenvalue weighted by Crippen LogP contribution is 2.41. The SMILES string of the molecule is C=C1CC(CC(=O)/C(=C\C)C(=O)O)c2cc(C)c(C)cc2CC1/C(C)=C/C=C\C. The van der Waals surface area contributed by atoms with Crippen LogP contribution in [0.1, 0.15) is 61.8 Å². The summed E-state index contributed by atoms with van der Waals surface area (Å²) in [6.45, 7) is 14.3. The van der Waals surface area contributed by atoms with E-state index in [9.17, 15) is 14.7 Å². The molecule has 0 radical (unpaired) electrons. The number of carboxylic acids is 1. The third kappa shape index (κ3) is 5.23. The van der Waals surface area contributed by atoms with Crippen LogP contribution in [-0.4, -0.2) is 16.9 Å². The summed E-state index contributed by atoms with van der Waals surface area (Å²) in [4.78, 5) is 24.1. The smallest absolute Gasteiger partial charge is 0.338 e. The summed E-state index contributed by atoms with van der Waals surface area (Å²) in [5.74, 6) is -1.32. The van der Waals surface area contributed by atoms with Gasteiger partial charge in [-0.25, -0.2) is 4.79 Å². The molecule has 0 amide bonds. The molecule has 29 heavy (non-hydrogen) atoms. The molecule has 0 fully saturated rings. The van der Waals surface area contributed by atoms with Crippen LogP contribution in [0, 0.1) is 19.8 Å². The Hall–Kier alpha value is -2.68. The average Bonchev–Trinajstić information content (AvgIpc) is 2.77. The minimum Gasteiger partial charge on any atom is -0.478 e. The van der Waals surface area contributed by atoms with E-state index in [4.69, 9.17) is 0 Å². The van der Waals surface area contributed by atoms with E-state index in [0.29, 0.717) is 6.42 Å². The van der Waals surface area contributed by atoms with Crippen molar-refractivity contribution in [1.29, 1.82) is 0 Å². The zero-order valence-electron chi connectivity index (χ0n) is 18.2. The Morgan fingerprint density at radius 3 is 2.41 bits per heavy atom. The van der Waals surface area contributed by atoms with Gasteiger partial charge in [-0.15, -0.1) is 0 Å². The van der Waals surface area contributed by atoms with Crippen LogP contribution in [0.2, 0.25) is 0 Å². The standard InChI is InChI=1S/C26H32O3/c1-7-9-10-16(3)23-14-20-11-17(4)18(5)13-24(20)21(12-19(23)6)15-25(27)22(8-2)26(28)29/h7-11,13,21,23H,6,12,14-15H2,1-5H3,(H,28,29)/b9-7-,16-10+,22-8+. The molecular weight excluding hydrogens is 360 g/mol. The lowest BCUT2D eigenvalue weighted by atomic mass is 9.84. The fraction of sp³-hybridized carbons (Fsp3) is 0.385. The molecule has 0 aliphatic heterocycles. The van der Waals surface area contributed by atoms with Gasteiger partial charge in [-0.05, 0) is 75.6 Å². The van der Waals surface area contributed by atoms with E-state index in [2.05, 4.69) is 45.6 Å². The molecule has 3 nitrogen and oxygen atoms in total. The highest BCUT2D eigenvalue weighted by Gasteiger charge is 2.30. The number of rotatable bonds is 6. The van der Waals surface area contributed by atoms with Gasteiger partial charge in [0, 0.05) is 12.3 Å². The van der Waals surface area contributed by atoms with Gasteiger partial charge in [0.15, 0.2) is 5.78 Å². The van der Waals surface area contributed by atoms with Crippen LogP contribution in [0.5, 0.6) is 0 Å². The second-order valence-electron chi connectivity index (χ2n) is 8.02. The summed E-state index contributed by atoms with van der Waals surface area (Å²) < 4.78 is 0. The quantitative estimate of drug-likeness (QED) is 0.161. The van der Waals surface area contributed by atoms with Gasteiger partial charge >= 0.3 is 5.97 Å². The number of benzene rings is 1. The fourth-order valence-electron chi connectivity index (χ4n) is 4.15. The highest BCUT2D eigenvalue weighted by molar-refractivity contribution is 6.16. The van der Waals surface area contributed by atoms with E-state index in [0.717, 1.165) is 17.6 Å². The summed E-state index contributed by atoms with van der Waals surface area (Å²) in [6, 6.07) is 4.41. The summed E-state index contributed by atoms with van der Waals surface area (Å²) in [5.41, 5.74) is 7.04. The lowest BCUT2D eigenvalue weighted by Crippen LogP contribution is -2.16. The van der Waals surface area contributed by atoms with Gasteiger partial charge < -0.3 is 5.11 Å². The molecular formula is C26H32O3. The summed E-state index contributed by atoms with van der Waals surface area (Å²) in [5, 5.41) is 9.33. The molecule has 2 rings (SSSR count). The van der Waals surface area contributed by atoms with Gasteiger partial charge in [-0.3, -0.25) is 4.79 Å². The van der Waals surface area contributed by atoms with Crippen molar-refractivity contribution in [1.82, 2.24) is 0 Å². The van der Waals surface area contributed by atoms with E-state index in [-0.39, 0.29) is 29.6 Å². The third-order valence-electron chi connectivity index (χ3n) is 5.97. The van der Waals surface area contributed by atoms with Gasteiger partial charge in [0.25, 0.3) is 0 Å². The first kappa shape index (κ1) is 22.6. The number of hydrogen-bond acceptors (Lipinski definition) is 2. The van der Waals surface area contributed by atoms with Crippen LogP contribution in [-0.2, 0) is 16.0 Å².